The molecule has 0 amide bonds. The molecule has 0 aliphatic carbocycles. The van der Waals surface area contributed by atoms with Crippen molar-refractivity contribution in [3.05, 3.63) is 29.8 Å². The second-order valence-corrected chi connectivity index (χ2v) is 4.87. The average Bonchev–Trinajstić information content (AvgIpc) is 2.39. The zero-order valence-corrected chi connectivity index (χ0v) is 11.1. The van der Waals surface area contributed by atoms with E-state index in [9.17, 15) is 0 Å². The van der Waals surface area contributed by atoms with Gasteiger partial charge < -0.3 is 20.5 Å². The fourth-order valence-electron chi connectivity index (χ4n) is 2.07. The molecule has 1 saturated heterocycles. The number of rotatable bonds is 4. The lowest BCUT2D eigenvalue weighted by atomic mass is 10.0. The molecule has 0 radical (unpaired) electrons. The molecular formula is C14H22N2O2. The molecule has 0 spiro atoms. The van der Waals surface area contributed by atoms with Crippen LogP contribution in [0.15, 0.2) is 24.3 Å². The van der Waals surface area contributed by atoms with Crippen molar-refractivity contribution in [2.75, 3.05) is 19.7 Å². The molecule has 3 N–H and O–H groups in total. The average molecular weight is 250 g/mol. The molecule has 1 heterocycles. The van der Waals surface area contributed by atoms with Crippen molar-refractivity contribution in [3.63, 3.8) is 0 Å². The zero-order chi connectivity index (χ0) is 13.0. The van der Waals surface area contributed by atoms with E-state index < -0.39 is 0 Å². The Morgan fingerprint density at radius 1 is 1.33 bits per heavy atom. The first kappa shape index (κ1) is 13.3. The summed E-state index contributed by atoms with van der Waals surface area (Å²) in [5, 5.41) is 3.29. The van der Waals surface area contributed by atoms with Crippen molar-refractivity contribution in [2.24, 2.45) is 5.73 Å². The highest BCUT2D eigenvalue weighted by Crippen LogP contribution is 2.21. The molecule has 2 atom stereocenters. The van der Waals surface area contributed by atoms with Crippen LogP contribution >= 0.6 is 0 Å². The van der Waals surface area contributed by atoms with Crippen molar-refractivity contribution in [2.45, 2.75) is 32.1 Å². The van der Waals surface area contributed by atoms with Gasteiger partial charge in [0.25, 0.3) is 0 Å². The molecule has 2 rings (SSSR count). The second-order valence-electron chi connectivity index (χ2n) is 4.87. The largest absolute Gasteiger partial charge is 0.491 e. The lowest BCUT2D eigenvalue weighted by Crippen LogP contribution is -2.44. The van der Waals surface area contributed by atoms with Crippen molar-refractivity contribution in [3.8, 4) is 5.75 Å². The van der Waals surface area contributed by atoms with Gasteiger partial charge in [0.1, 0.15) is 5.75 Å². The highest BCUT2D eigenvalue weighted by atomic mass is 16.5. The molecule has 1 aliphatic rings. The fraction of sp³-hybridized carbons (Fsp3) is 0.571. The Labute approximate surface area is 108 Å². The Balaban J connectivity index is 1.99. The number of benzene rings is 1. The Morgan fingerprint density at radius 2 is 2.06 bits per heavy atom. The van der Waals surface area contributed by atoms with E-state index in [1.165, 1.54) is 0 Å². The summed E-state index contributed by atoms with van der Waals surface area (Å²) >= 11 is 0. The van der Waals surface area contributed by atoms with E-state index in [1.54, 1.807) is 0 Å². The molecule has 0 bridgehead atoms. The van der Waals surface area contributed by atoms with Gasteiger partial charge in [0.2, 0.25) is 0 Å². The van der Waals surface area contributed by atoms with E-state index in [2.05, 4.69) is 5.32 Å². The summed E-state index contributed by atoms with van der Waals surface area (Å²) in [7, 11) is 0. The fourth-order valence-corrected chi connectivity index (χ4v) is 2.07. The maximum atomic E-state index is 6.22. The topological polar surface area (TPSA) is 56.5 Å². The summed E-state index contributed by atoms with van der Waals surface area (Å²) in [4.78, 5) is 0. The molecule has 1 aromatic carbocycles. The van der Waals surface area contributed by atoms with Gasteiger partial charge in [0, 0.05) is 13.1 Å². The van der Waals surface area contributed by atoms with E-state index in [1.807, 2.05) is 38.1 Å². The number of hydrogen-bond acceptors (Lipinski definition) is 4. The van der Waals surface area contributed by atoms with Crippen LogP contribution in [0.5, 0.6) is 5.75 Å². The second kappa shape index (κ2) is 6.18. The smallest absolute Gasteiger partial charge is 0.119 e. The van der Waals surface area contributed by atoms with Gasteiger partial charge in [-0.2, -0.15) is 0 Å². The lowest BCUT2D eigenvalue weighted by molar-refractivity contribution is 0.0122. The van der Waals surface area contributed by atoms with Crippen LogP contribution in [-0.2, 0) is 4.74 Å². The normalized spacial score (nSPS) is 21.9. The monoisotopic (exact) mass is 250 g/mol. The van der Waals surface area contributed by atoms with Crippen molar-refractivity contribution in [1.82, 2.24) is 5.32 Å². The van der Waals surface area contributed by atoms with Crippen molar-refractivity contribution < 1.29 is 9.47 Å². The third kappa shape index (κ3) is 3.45. The summed E-state index contributed by atoms with van der Waals surface area (Å²) < 4.78 is 11.3. The SMILES string of the molecule is CC(C)Oc1ccc(C(N)C2CNCCO2)cc1. The quantitative estimate of drug-likeness (QED) is 0.849. The molecular weight excluding hydrogens is 228 g/mol. The molecule has 0 saturated carbocycles. The number of morpholine rings is 1. The summed E-state index contributed by atoms with van der Waals surface area (Å²) in [6.45, 7) is 6.48. The number of ether oxygens (including phenoxy) is 2. The van der Waals surface area contributed by atoms with Crippen LogP contribution in [0.4, 0.5) is 0 Å². The van der Waals surface area contributed by atoms with Gasteiger partial charge in [-0.05, 0) is 31.5 Å². The minimum atomic E-state index is -0.0918. The first-order valence-electron chi connectivity index (χ1n) is 6.51. The molecule has 2 unspecified atom stereocenters. The number of hydrogen-bond donors (Lipinski definition) is 2. The van der Waals surface area contributed by atoms with Crippen LogP contribution in [0, 0.1) is 0 Å². The summed E-state index contributed by atoms with van der Waals surface area (Å²) in [6, 6.07) is 7.86. The Hall–Kier alpha value is -1.10. The molecule has 0 aromatic heterocycles. The third-order valence-electron chi connectivity index (χ3n) is 2.99. The maximum absolute atomic E-state index is 6.22. The molecule has 1 aliphatic heterocycles. The summed E-state index contributed by atoms with van der Waals surface area (Å²) in [5.74, 6) is 0.878. The Bertz CT molecular complexity index is 359. The van der Waals surface area contributed by atoms with Gasteiger partial charge in [-0.15, -0.1) is 0 Å². The van der Waals surface area contributed by atoms with Crippen LogP contribution in [0.3, 0.4) is 0 Å². The van der Waals surface area contributed by atoms with Crippen LogP contribution in [0.25, 0.3) is 0 Å². The Kier molecular flexibility index (Phi) is 4.58. The Morgan fingerprint density at radius 3 is 2.61 bits per heavy atom. The van der Waals surface area contributed by atoms with Crippen molar-refractivity contribution in [1.29, 1.82) is 0 Å². The molecule has 1 fully saturated rings. The number of nitrogens with two attached hydrogens (primary N) is 1. The van der Waals surface area contributed by atoms with Gasteiger partial charge in [-0.3, -0.25) is 0 Å². The minimum absolute atomic E-state index is 0.0515. The van der Waals surface area contributed by atoms with Crippen LogP contribution in [0.1, 0.15) is 25.5 Å². The molecule has 1 aromatic rings. The first-order chi connectivity index (χ1) is 8.66. The van der Waals surface area contributed by atoms with E-state index in [-0.39, 0.29) is 18.2 Å². The van der Waals surface area contributed by atoms with E-state index >= 15 is 0 Å². The summed E-state index contributed by atoms with van der Waals surface area (Å²) in [6.07, 6.45) is 0.242. The minimum Gasteiger partial charge on any atom is -0.491 e. The molecule has 4 nitrogen and oxygen atoms in total. The lowest BCUT2D eigenvalue weighted by Gasteiger charge is -2.28. The predicted molar refractivity (Wildman–Crippen MR) is 71.7 cm³/mol. The van der Waals surface area contributed by atoms with Gasteiger partial charge >= 0.3 is 0 Å². The number of nitrogens with one attached hydrogen (secondary N) is 1. The molecule has 100 valence electrons. The predicted octanol–water partition coefficient (Wildman–Crippen LogP) is 1.46. The van der Waals surface area contributed by atoms with Gasteiger partial charge in [-0.1, -0.05) is 12.1 Å². The van der Waals surface area contributed by atoms with Crippen LogP contribution in [0.2, 0.25) is 0 Å². The van der Waals surface area contributed by atoms with E-state index in [4.69, 9.17) is 15.2 Å². The van der Waals surface area contributed by atoms with Crippen molar-refractivity contribution >= 4 is 0 Å². The van der Waals surface area contributed by atoms with E-state index in [0.717, 1.165) is 31.0 Å². The molecule has 4 heteroatoms. The highest BCUT2D eigenvalue weighted by molar-refractivity contribution is 5.29. The third-order valence-corrected chi connectivity index (χ3v) is 2.99. The highest BCUT2D eigenvalue weighted by Gasteiger charge is 2.22. The summed E-state index contributed by atoms with van der Waals surface area (Å²) in [5.41, 5.74) is 7.30. The van der Waals surface area contributed by atoms with Gasteiger partial charge in [0.05, 0.1) is 24.9 Å². The zero-order valence-electron chi connectivity index (χ0n) is 11.1. The van der Waals surface area contributed by atoms with Crippen LogP contribution in [-0.4, -0.2) is 31.9 Å². The van der Waals surface area contributed by atoms with Gasteiger partial charge in [0.15, 0.2) is 0 Å². The van der Waals surface area contributed by atoms with E-state index in [0.29, 0.717) is 0 Å². The maximum Gasteiger partial charge on any atom is 0.119 e. The first-order valence-corrected chi connectivity index (χ1v) is 6.51. The van der Waals surface area contributed by atoms with Crippen LogP contribution < -0.4 is 15.8 Å². The van der Waals surface area contributed by atoms with Gasteiger partial charge in [-0.25, -0.2) is 0 Å². The standard InChI is InChI=1S/C14H22N2O2/c1-10(2)18-12-5-3-11(4-6-12)14(15)13-9-16-7-8-17-13/h3-6,10,13-14,16H,7-9,15H2,1-2H3. The molecule has 18 heavy (non-hydrogen) atoms.